The zero-order valence-electron chi connectivity index (χ0n) is 31.9. The summed E-state index contributed by atoms with van der Waals surface area (Å²) in [5, 5.41) is 0.664. The van der Waals surface area contributed by atoms with Crippen molar-refractivity contribution in [1.29, 1.82) is 0 Å². The van der Waals surface area contributed by atoms with E-state index in [4.69, 9.17) is 11.6 Å². The summed E-state index contributed by atoms with van der Waals surface area (Å²) in [7, 11) is 0. The van der Waals surface area contributed by atoms with Crippen molar-refractivity contribution in [2.75, 3.05) is 9.80 Å². The van der Waals surface area contributed by atoms with Gasteiger partial charge in [-0.2, -0.15) is 0 Å². The molecule has 0 aliphatic rings. The molecule has 266 valence electrons. The Morgan fingerprint density at radius 1 is 0.423 bits per heavy atom. The molecule has 0 fully saturated rings. The Morgan fingerprint density at radius 2 is 0.923 bits per heavy atom. The second-order valence-electron chi connectivity index (χ2n) is 16.8. The number of benzene rings is 6. The minimum Gasteiger partial charge on any atom is -0.310 e. The number of rotatable bonds is 7. The lowest BCUT2D eigenvalue weighted by Crippen LogP contribution is -2.16. The second kappa shape index (κ2) is 14.6. The first kappa shape index (κ1) is 37.4. The number of hydrogen-bond donors (Lipinski definition) is 0. The maximum atomic E-state index is 6.78. The molecule has 0 aliphatic carbocycles. The second-order valence-corrected chi connectivity index (χ2v) is 18.1. The fraction of sp³-hybridized carbons (Fsp3) is 0.250. The third-order valence-electron chi connectivity index (χ3n) is 9.62. The van der Waals surface area contributed by atoms with E-state index in [1.807, 2.05) is 12.1 Å². The Morgan fingerprint density at radius 3 is 1.42 bits per heavy atom. The van der Waals surface area contributed by atoms with Crippen molar-refractivity contribution in [2.45, 2.75) is 78.6 Å². The van der Waals surface area contributed by atoms with E-state index >= 15 is 0 Å². The fourth-order valence-electron chi connectivity index (χ4n) is 6.58. The van der Waals surface area contributed by atoms with E-state index in [1.165, 1.54) is 16.7 Å². The normalized spacial score (nSPS) is 12.1. The first-order valence-corrected chi connectivity index (χ1v) is 19.2. The zero-order valence-corrected chi connectivity index (χ0v) is 34.3. The van der Waals surface area contributed by atoms with Gasteiger partial charge in [0.25, 0.3) is 0 Å². The van der Waals surface area contributed by atoms with Gasteiger partial charge < -0.3 is 9.80 Å². The summed E-state index contributed by atoms with van der Waals surface area (Å²) in [5.41, 5.74) is 12.6. The lowest BCUT2D eigenvalue weighted by atomic mass is 9.84. The highest BCUT2D eigenvalue weighted by molar-refractivity contribution is 9.10. The van der Waals surface area contributed by atoms with Gasteiger partial charge in [0.2, 0.25) is 0 Å². The van der Waals surface area contributed by atoms with Crippen molar-refractivity contribution in [3.8, 4) is 11.1 Å². The molecule has 52 heavy (non-hydrogen) atoms. The fourth-order valence-corrected chi connectivity index (χ4v) is 7.42. The molecule has 6 aromatic carbocycles. The Bertz CT molecular complexity index is 2070. The van der Waals surface area contributed by atoms with Gasteiger partial charge in [0.1, 0.15) is 0 Å². The van der Waals surface area contributed by atoms with Crippen molar-refractivity contribution in [2.24, 2.45) is 0 Å². The highest BCUT2D eigenvalue weighted by atomic mass is 79.9. The van der Waals surface area contributed by atoms with Crippen LogP contribution in [-0.2, 0) is 16.2 Å². The molecule has 0 N–H and O–H groups in total. The molecule has 0 aromatic heterocycles. The molecule has 0 saturated heterocycles. The molecule has 6 aromatic rings. The Balaban J connectivity index is 1.58. The number of halogens is 2. The van der Waals surface area contributed by atoms with Gasteiger partial charge in [-0.05, 0) is 111 Å². The predicted octanol–water partition coefficient (Wildman–Crippen LogP) is 15.6. The molecule has 0 radical (unpaired) electrons. The predicted molar refractivity (Wildman–Crippen MR) is 230 cm³/mol. The quantitative estimate of drug-likeness (QED) is 0.160. The van der Waals surface area contributed by atoms with E-state index in [9.17, 15) is 0 Å². The van der Waals surface area contributed by atoms with E-state index in [0.717, 1.165) is 49.7 Å². The van der Waals surface area contributed by atoms with Gasteiger partial charge in [0.05, 0.1) is 5.69 Å². The van der Waals surface area contributed by atoms with Crippen LogP contribution in [-0.4, -0.2) is 0 Å². The average molecular weight is 770 g/mol. The Labute approximate surface area is 325 Å². The largest absolute Gasteiger partial charge is 0.310 e. The van der Waals surface area contributed by atoms with E-state index in [0.29, 0.717) is 5.02 Å². The highest BCUT2D eigenvalue weighted by Crippen LogP contribution is 2.46. The van der Waals surface area contributed by atoms with Crippen LogP contribution in [0.15, 0.2) is 144 Å². The minimum absolute atomic E-state index is 0.0164. The average Bonchev–Trinajstić information content (AvgIpc) is 3.08. The number of nitrogens with zero attached hydrogens (tertiary/aromatic N) is 2. The van der Waals surface area contributed by atoms with E-state index in [-0.39, 0.29) is 16.2 Å². The van der Waals surface area contributed by atoms with Crippen LogP contribution in [0.3, 0.4) is 0 Å². The van der Waals surface area contributed by atoms with Crippen LogP contribution in [0, 0.1) is 0 Å². The van der Waals surface area contributed by atoms with Gasteiger partial charge in [-0.15, -0.1) is 0 Å². The van der Waals surface area contributed by atoms with Crippen LogP contribution < -0.4 is 9.80 Å². The highest BCUT2D eigenvalue weighted by Gasteiger charge is 2.24. The van der Waals surface area contributed by atoms with Crippen molar-refractivity contribution in [3.63, 3.8) is 0 Å². The number of hydrogen-bond acceptors (Lipinski definition) is 2. The van der Waals surface area contributed by atoms with Crippen molar-refractivity contribution < 1.29 is 0 Å². The summed E-state index contributed by atoms with van der Waals surface area (Å²) in [6.07, 6.45) is 0. The van der Waals surface area contributed by atoms with Crippen molar-refractivity contribution in [3.05, 3.63) is 166 Å². The summed E-state index contributed by atoms with van der Waals surface area (Å²) in [5.74, 6) is 0. The lowest BCUT2D eigenvalue weighted by Gasteiger charge is -2.32. The van der Waals surface area contributed by atoms with Crippen LogP contribution in [0.25, 0.3) is 11.1 Å². The van der Waals surface area contributed by atoms with Gasteiger partial charge in [0, 0.05) is 43.5 Å². The van der Waals surface area contributed by atoms with Gasteiger partial charge in [-0.3, -0.25) is 0 Å². The van der Waals surface area contributed by atoms with Gasteiger partial charge >= 0.3 is 0 Å². The number of anilines is 6. The van der Waals surface area contributed by atoms with Gasteiger partial charge in [0.15, 0.2) is 0 Å². The topological polar surface area (TPSA) is 6.48 Å². The summed E-state index contributed by atoms with van der Waals surface area (Å²) in [6, 6.07) is 50.5. The summed E-state index contributed by atoms with van der Waals surface area (Å²) in [6.45, 7) is 20.4. The first-order chi connectivity index (χ1) is 24.5. The molecule has 6 rings (SSSR count). The molecule has 0 atom stereocenters. The van der Waals surface area contributed by atoms with E-state index in [2.05, 4.69) is 215 Å². The Hall–Kier alpha value is -4.31. The maximum Gasteiger partial charge on any atom is 0.0540 e. The van der Waals surface area contributed by atoms with E-state index in [1.54, 1.807) is 0 Å². The van der Waals surface area contributed by atoms with Gasteiger partial charge in [-0.1, -0.05) is 157 Å². The maximum absolute atomic E-state index is 6.78. The molecular weight excluding hydrogens is 720 g/mol. The van der Waals surface area contributed by atoms with Gasteiger partial charge in [-0.25, -0.2) is 0 Å². The van der Waals surface area contributed by atoms with E-state index < -0.39 is 0 Å². The van der Waals surface area contributed by atoms with Crippen molar-refractivity contribution >= 4 is 61.7 Å². The third kappa shape index (κ3) is 8.33. The summed E-state index contributed by atoms with van der Waals surface area (Å²) >= 11 is 10.5. The molecule has 4 heteroatoms. The Kier molecular flexibility index (Phi) is 10.5. The lowest BCUT2D eigenvalue weighted by molar-refractivity contribution is 0.590. The molecule has 0 saturated carbocycles. The van der Waals surface area contributed by atoms with Crippen LogP contribution in [0.2, 0.25) is 5.02 Å². The van der Waals surface area contributed by atoms with Crippen LogP contribution in [0.5, 0.6) is 0 Å². The minimum atomic E-state index is -0.0164. The SMILES string of the molecule is CC(C)(C)c1ccc(N(c2ccc(C(C)(C)C)cc2)c2cccc(N(c3cc(Cl)cc(Br)c3)c3ccc(C(C)(C)C)cc3-c3ccccc3)c2)cc1. The van der Waals surface area contributed by atoms with Crippen LogP contribution >= 0.6 is 27.5 Å². The standard InChI is InChI=1S/C48H50BrClN2/c1-46(2,3)34-18-23-39(24-19-34)51(40-25-20-35(21-26-40)47(4,5)6)41-16-13-17-42(32-41)52(43-30-37(49)29-38(50)31-43)45-27-22-36(48(7,8)9)28-44(45)33-14-11-10-12-15-33/h10-32H,1-9H3. The summed E-state index contributed by atoms with van der Waals surface area (Å²) in [4.78, 5) is 4.69. The third-order valence-corrected chi connectivity index (χ3v) is 10.3. The molecule has 0 aliphatic heterocycles. The monoisotopic (exact) mass is 768 g/mol. The van der Waals surface area contributed by atoms with Crippen LogP contribution in [0.4, 0.5) is 34.1 Å². The zero-order chi connectivity index (χ0) is 37.4. The molecule has 0 unspecified atom stereocenters. The molecule has 2 nitrogen and oxygen atoms in total. The first-order valence-electron chi connectivity index (χ1n) is 18.1. The summed E-state index contributed by atoms with van der Waals surface area (Å²) < 4.78 is 0.920. The molecule has 0 heterocycles. The molecule has 0 bridgehead atoms. The molecular formula is C48H50BrClN2. The smallest absolute Gasteiger partial charge is 0.0540 e. The molecule has 0 spiro atoms. The molecule has 0 amide bonds. The van der Waals surface area contributed by atoms with Crippen molar-refractivity contribution in [1.82, 2.24) is 0 Å². The van der Waals surface area contributed by atoms with Crippen LogP contribution in [0.1, 0.15) is 79.0 Å².